The van der Waals surface area contributed by atoms with Gasteiger partial charge < -0.3 is 20.6 Å². The minimum atomic E-state index is -0.670. The maximum atomic E-state index is 14.0. The van der Waals surface area contributed by atoms with Gasteiger partial charge in [0.05, 0.1) is 29.2 Å². The van der Waals surface area contributed by atoms with E-state index in [1.165, 1.54) is 0 Å². The zero-order valence-corrected chi connectivity index (χ0v) is 21.1. The third kappa shape index (κ3) is 4.02. The van der Waals surface area contributed by atoms with Crippen molar-refractivity contribution in [1.82, 2.24) is 15.5 Å². The Morgan fingerprint density at radius 1 is 1.21 bits per heavy atom. The van der Waals surface area contributed by atoms with Crippen molar-refractivity contribution < 1.29 is 19.5 Å². The zero-order valence-electron chi connectivity index (χ0n) is 20.3. The molecule has 1 aromatic rings. The number of aliphatic hydroxyl groups is 1. The lowest BCUT2D eigenvalue weighted by molar-refractivity contribution is -0.142. The minimum absolute atomic E-state index is 0.0158. The number of hydrogen-bond acceptors (Lipinski definition) is 5. The van der Waals surface area contributed by atoms with Crippen LogP contribution >= 0.6 is 11.8 Å². The van der Waals surface area contributed by atoms with Crippen LogP contribution in [0.15, 0.2) is 30.3 Å². The third-order valence-corrected chi connectivity index (χ3v) is 10.0. The van der Waals surface area contributed by atoms with Crippen molar-refractivity contribution in [2.75, 3.05) is 13.2 Å². The van der Waals surface area contributed by atoms with Crippen molar-refractivity contribution in [3.8, 4) is 0 Å². The van der Waals surface area contributed by atoms with Crippen LogP contribution in [0.3, 0.4) is 0 Å². The van der Waals surface area contributed by atoms with E-state index >= 15 is 0 Å². The van der Waals surface area contributed by atoms with Crippen LogP contribution in [0.5, 0.6) is 0 Å². The van der Waals surface area contributed by atoms with Crippen LogP contribution < -0.4 is 10.6 Å². The van der Waals surface area contributed by atoms with Gasteiger partial charge >= 0.3 is 0 Å². The van der Waals surface area contributed by atoms with Crippen LogP contribution in [-0.2, 0) is 20.9 Å². The van der Waals surface area contributed by atoms with Gasteiger partial charge in [0.15, 0.2) is 0 Å². The largest absolute Gasteiger partial charge is 0.394 e. The lowest BCUT2D eigenvalue weighted by Crippen LogP contribution is -2.58. The summed E-state index contributed by atoms with van der Waals surface area (Å²) >= 11 is 1.67. The summed E-state index contributed by atoms with van der Waals surface area (Å²) in [6.45, 7) is 6.88. The average molecular weight is 488 g/mol. The number of fused-ring (bicyclic) bond motifs is 1. The van der Waals surface area contributed by atoms with Crippen molar-refractivity contribution in [3.05, 3.63) is 35.9 Å². The SMILES string of the molecule is CCCCNC(=O)C1N([C@@H](CC)CO)C(=O)[C@@H]2[C@@H](C(=O)NCc3ccccc3)[C@H]3CC(C)C12S3. The molecule has 0 radical (unpaired) electrons. The molecular formula is C26H37N3O4S. The second-order valence-corrected chi connectivity index (χ2v) is 11.4. The first-order valence-electron chi connectivity index (χ1n) is 12.6. The Hall–Kier alpha value is -2.06. The normalized spacial score (nSPS) is 32.5. The van der Waals surface area contributed by atoms with E-state index in [2.05, 4.69) is 24.5 Å². The van der Waals surface area contributed by atoms with Crippen LogP contribution in [0.4, 0.5) is 0 Å². The maximum Gasteiger partial charge on any atom is 0.244 e. The molecule has 0 aliphatic carbocycles. The van der Waals surface area contributed by atoms with Gasteiger partial charge in [-0.1, -0.05) is 57.5 Å². The van der Waals surface area contributed by atoms with Crippen LogP contribution in [0.2, 0.25) is 0 Å². The first kappa shape index (κ1) is 25.0. The van der Waals surface area contributed by atoms with Crippen molar-refractivity contribution in [1.29, 1.82) is 0 Å². The van der Waals surface area contributed by atoms with Gasteiger partial charge in [-0.05, 0) is 30.7 Å². The number of rotatable bonds is 10. The van der Waals surface area contributed by atoms with Gasteiger partial charge in [-0.2, -0.15) is 0 Å². The molecule has 3 N–H and O–H groups in total. The Morgan fingerprint density at radius 2 is 1.94 bits per heavy atom. The second kappa shape index (κ2) is 10.3. The molecule has 3 heterocycles. The summed E-state index contributed by atoms with van der Waals surface area (Å²) in [4.78, 5) is 42.6. The average Bonchev–Trinajstić information content (AvgIpc) is 3.43. The van der Waals surface area contributed by atoms with E-state index in [-0.39, 0.29) is 35.5 Å². The van der Waals surface area contributed by atoms with Gasteiger partial charge in [-0.3, -0.25) is 14.4 Å². The lowest BCUT2D eigenvalue weighted by Gasteiger charge is -2.40. The van der Waals surface area contributed by atoms with Crippen LogP contribution in [-0.4, -0.2) is 63.0 Å². The summed E-state index contributed by atoms with van der Waals surface area (Å²) in [5.74, 6) is -1.32. The van der Waals surface area contributed by atoms with E-state index < -0.39 is 28.7 Å². The summed E-state index contributed by atoms with van der Waals surface area (Å²) in [5, 5.41) is 16.2. The van der Waals surface area contributed by atoms with Gasteiger partial charge in [-0.25, -0.2) is 0 Å². The molecule has 2 bridgehead atoms. The van der Waals surface area contributed by atoms with Gasteiger partial charge in [0.25, 0.3) is 0 Å². The predicted octanol–water partition coefficient (Wildman–Crippen LogP) is 2.33. The topological polar surface area (TPSA) is 98.7 Å². The van der Waals surface area contributed by atoms with Crippen LogP contribution in [0.25, 0.3) is 0 Å². The molecular weight excluding hydrogens is 450 g/mol. The Labute approximate surface area is 206 Å². The lowest BCUT2D eigenvalue weighted by atomic mass is 9.66. The van der Waals surface area contributed by atoms with E-state index in [1.54, 1.807) is 16.7 Å². The number of hydrogen-bond donors (Lipinski definition) is 3. The van der Waals surface area contributed by atoms with E-state index in [0.717, 1.165) is 24.8 Å². The van der Waals surface area contributed by atoms with Gasteiger partial charge in [0.2, 0.25) is 17.7 Å². The number of nitrogens with one attached hydrogen (secondary N) is 2. The molecule has 7 atom stereocenters. The van der Waals surface area contributed by atoms with Crippen LogP contribution in [0.1, 0.15) is 52.0 Å². The molecule has 0 aromatic heterocycles. The maximum absolute atomic E-state index is 14.0. The summed E-state index contributed by atoms with van der Waals surface area (Å²) in [5.41, 5.74) is 1.01. The highest BCUT2D eigenvalue weighted by atomic mass is 32.2. The molecule has 0 saturated carbocycles. The van der Waals surface area contributed by atoms with Crippen molar-refractivity contribution in [3.63, 3.8) is 0 Å². The van der Waals surface area contributed by atoms with Gasteiger partial charge in [0, 0.05) is 18.3 Å². The third-order valence-electron chi connectivity index (χ3n) is 7.95. The first-order valence-corrected chi connectivity index (χ1v) is 13.5. The van der Waals surface area contributed by atoms with Gasteiger partial charge in [0.1, 0.15) is 6.04 Å². The molecule has 3 saturated heterocycles. The number of likely N-dealkylation sites (tertiary alicyclic amines) is 1. The molecule has 7 nitrogen and oxygen atoms in total. The molecule has 3 aliphatic heterocycles. The molecule has 3 unspecified atom stereocenters. The fourth-order valence-corrected chi connectivity index (χ4v) is 8.66. The Kier molecular flexibility index (Phi) is 7.57. The van der Waals surface area contributed by atoms with Gasteiger partial charge in [-0.15, -0.1) is 11.8 Å². The summed E-state index contributed by atoms with van der Waals surface area (Å²) in [6.07, 6.45) is 3.19. The van der Waals surface area contributed by atoms with Crippen LogP contribution in [0, 0.1) is 17.8 Å². The molecule has 4 rings (SSSR count). The highest BCUT2D eigenvalue weighted by Gasteiger charge is 2.76. The van der Waals surface area contributed by atoms with Crippen molar-refractivity contribution in [2.45, 2.75) is 75.1 Å². The number of aliphatic hydroxyl groups excluding tert-OH is 1. The van der Waals surface area contributed by atoms with Crippen molar-refractivity contribution >= 4 is 29.5 Å². The second-order valence-electron chi connectivity index (χ2n) is 9.89. The van der Waals surface area contributed by atoms with E-state index in [9.17, 15) is 19.5 Å². The molecule has 1 spiro atoms. The number of carbonyl (C=O) groups is 3. The number of benzene rings is 1. The molecule has 34 heavy (non-hydrogen) atoms. The molecule has 1 aromatic carbocycles. The summed E-state index contributed by atoms with van der Waals surface area (Å²) in [7, 11) is 0. The Bertz CT molecular complexity index is 909. The quantitative estimate of drug-likeness (QED) is 0.440. The highest BCUT2D eigenvalue weighted by molar-refractivity contribution is 8.02. The van der Waals surface area contributed by atoms with E-state index in [1.807, 2.05) is 37.3 Å². The number of carbonyl (C=O) groups excluding carboxylic acids is 3. The number of thioether (sulfide) groups is 1. The van der Waals surface area contributed by atoms with E-state index in [4.69, 9.17) is 0 Å². The smallest absolute Gasteiger partial charge is 0.244 e. The monoisotopic (exact) mass is 487 g/mol. The Morgan fingerprint density at radius 3 is 2.59 bits per heavy atom. The Balaban J connectivity index is 1.65. The summed E-state index contributed by atoms with van der Waals surface area (Å²) < 4.78 is -0.643. The standard InChI is InChI=1S/C26H37N3O4S/c1-4-6-12-27-24(32)22-26-16(3)13-19(34-26)20(21(26)25(33)29(22)18(5-2)15-30)23(31)28-14-17-10-8-7-9-11-17/h7-11,16,18-22,30H,4-6,12-15H2,1-3H3,(H,27,32)(H,28,31)/t16?,18-,19+,20-,21-,22?,26?/m0/s1. The number of nitrogens with zero attached hydrogens (tertiary/aromatic N) is 1. The molecule has 3 aliphatic rings. The molecule has 8 heteroatoms. The minimum Gasteiger partial charge on any atom is -0.394 e. The number of amides is 3. The molecule has 3 fully saturated rings. The zero-order chi connectivity index (χ0) is 24.5. The first-order chi connectivity index (χ1) is 16.4. The number of unbranched alkanes of at least 4 members (excludes halogenated alkanes) is 1. The highest BCUT2D eigenvalue weighted by Crippen LogP contribution is 2.68. The molecule has 3 amide bonds. The molecule has 186 valence electrons. The fraction of sp³-hybridized carbons (Fsp3) is 0.654. The fourth-order valence-electron chi connectivity index (χ4n) is 6.25. The predicted molar refractivity (Wildman–Crippen MR) is 133 cm³/mol. The van der Waals surface area contributed by atoms with Crippen molar-refractivity contribution in [2.24, 2.45) is 17.8 Å². The summed E-state index contributed by atoms with van der Waals surface area (Å²) in [6, 6.07) is 8.63. The van der Waals surface area contributed by atoms with E-state index in [0.29, 0.717) is 19.5 Å².